The first-order chi connectivity index (χ1) is 10.5. The van der Waals surface area contributed by atoms with Gasteiger partial charge in [0.15, 0.2) is 5.75 Å². The van der Waals surface area contributed by atoms with Crippen LogP contribution in [0.3, 0.4) is 0 Å². The molecular weight excluding hydrogens is 293 g/mol. The van der Waals surface area contributed by atoms with Crippen LogP contribution in [0.2, 0.25) is 0 Å². The summed E-state index contributed by atoms with van der Waals surface area (Å²) in [5.74, 6) is -0.873. The van der Waals surface area contributed by atoms with Gasteiger partial charge in [-0.2, -0.15) is 18.3 Å². The molecular formula is C16H11F3N2O. The first-order valence-corrected chi connectivity index (χ1v) is 6.48. The fourth-order valence-corrected chi connectivity index (χ4v) is 2.21. The second-order valence-corrected chi connectivity index (χ2v) is 4.66. The van der Waals surface area contributed by atoms with Crippen LogP contribution in [0, 0.1) is 0 Å². The van der Waals surface area contributed by atoms with Crippen molar-refractivity contribution in [2.45, 2.75) is 6.18 Å². The Bertz CT molecular complexity index is 780. The summed E-state index contributed by atoms with van der Waals surface area (Å²) in [5, 5.41) is 13.6. The Labute approximate surface area is 124 Å². The van der Waals surface area contributed by atoms with E-state index in [9.17, 15) is 18.3 Å². The van der Waals surface area contributed by atoms with Gasteiger partial charge in [-0.05, 0) is 12.1 Å². The van der Waals surface area contributed by atoms with Crippen LogP contribution in [-0.2, 0) is 6.18 Å². The van der Waals surface area contributed by atoms with E-state index in [2.05, 4.69) is 5.10 Å². The maximum Gasteiger partial charge on any atom is 0.438 e. The van der Waals surface area contributed by atoms with Crippen LogP contribution in [0.1, 0.15) is 5.69 Å². The Kier molecular flexibility index (Phi) is 3.36. The monoisotopic (exact) mass is 304 g/mol. The number of aromatic hydroxyl groups is 1. The maximum absolute atomic E-state index is 13.0. The van der Waals surface area contributed by atoms with Gasteiger partial charge >= 0.3 is 6.18 Å². The zero-order valence-corrected chi connectivity index (χ0v) is 11.2. The largest absolute Gasteiger partial charge is 0.504 e. The van der Waals surface area contributed by atoms with Gasteiger partial charge in [-0.25, -0.2) is 4.68 Å². The number of nitrogens with zero attached hydrogens (tertiary/aromatic N) is 2. The minimum absolute atomic E-state index is 0.0131. The standard InChI is InChI=1S/C16H11F3N2O/c17-16(18,19)15-14(22)13(11-7-3-1-4-8-11)21(20-15)12-9-5-2-6-10-12/h1-10,22H. The third-order valence-electron chi connectivity index (χ3n) is 3.18. The van der Waals surface area contributed by atoms with Crippen LogP contribution >= 0.6 is 0 Å². The molecule has 0 bridgehead atoms. The minimum Gasteiger partial charge on any atom is -0.504 e. The summed E-state index contributed by atoms with van der Waals surface area (Å²) in [5.41, 5.74) is -0.395. The topological polar surface area (TPSA) is 38.1 Å². The molecule has 2 aromatic carbocycles. The average Bonchev–Trinajstić information content (AvgIpc) is 2.86. The van der Waals surface area contributed by atoms with Crippen LogP contribution in [-0.4, -0.2) is 14.9 Å². The highest BCUT2D eigenvalue weighted by atomic mass is 19.4. The summed E-state index contributed by atoms with van der Waals surface area (Å²) in [6.07, 6.45) is -4.73. The smallest absolute Gasteiger partial charge is 0.438 e. The SMILES string of the molecule is Oc1c(C(F)(F)F)nn(-c2ccccc2)c1-c1ccccc1. The van der Waals surface area contributed by atoms with Crippen molar-refractivity contribution in [3.8, 4) is 22.7 Å². The van der Waals surface area contributed by atoms with Crippen LogP contribution in [0.25, 0.3) is 16.9 Å². The van der Waals surface area contributed by atoms with Gasteiger partial charge in [0.25, 0.3) is 0 Å². The molecule has 0 amide bonds. The second kappa shape index (κ2) is 5.22. The highest BCUT2D eigenvalue weighted by molar-refractivity contribution is 5.70. The van der Waals surface area contributed by atoms with Crippen molar-refractivity contribution in [2.75, 3.05) is 0 Å². The number of benzene rings is 2. The van der Waals surface area contributed by atoms with Crippen molar-refractivity contribution >= 4 is 0 Å². The quantitative estimate of drug-likeness (QED) is 0.768. The van der Waals surface area contributed by atoms with Gasteiger partial charge in [0, 0.05) is 5.56 Å². The molecule has 112 valence electrons. The number of rotatable bonds is 2. The molecule has 0 atom stereocenters. The molecule has 0 aliphatic carbocycles. The van der Waals surface area contributed by atoms with Crippen LogP contribution in [0.15, 0.2) is 60.7 Å². The molecule has 0 aliphatic rings. The van der Waals surface area contributed by atoms with Crippen LogP contribution in [0.4, 0.5) is 13.2 Å². The van der Waals surface area contributed by atoms with E-state index in [1.807, 2.05) is 0 Å². The lowest BCUT2D eigenvalue weighted by Gasteiger charge is -2.07. The molecule has 0 saturated heterocycles. The van der Waals surface area contributed by atoms with Gasteiger partial charge in [-0.3, -0.25) is 0 Å². The lowest BCUT2D eigenvalue weighted by Crippen LogP contribution is -2.07. The Hall–Kier alpha value is -2.76. The number of aromatic nitrogens is 2. The fraction of sp³-hybridized carbons (Fsp3) is 0.0625. The Balaban J connectivity index is 2.29. The summed E-state index contributed by atoms with van der Waals surface area (Å²) in [7, 11) is 0. The molecule has 6 heteroatoms. The van der Waals surface area contributed by atoms with E-state index in [1.165, 1.54) is 0 Å². The van der Waals surface area contributed by atoms with Gasteiger partial charge in [0.2, 0.25) is 5.69 Å². The Morgan fingerprint density at radius 3 is 1.95 bits per heavy atom. The van der Waals surface area contributed by atoms with Gasteiger partial charge in [0.1, 0.15) is 5.69 Å². The average molecular weight is 304 g/mol. The van der Waals surface area contributed by atoms with Crippen molar-refractivity contribution < 1.29 is 18.3 Å². The van der Waals surface area contributed by atoms with Crippen molar-refractivity contribution in [3.05, 3.63) is 66.4 Å². The van der Waals surface area contributed by atoms with Crippen molar-refractivity contribution in [1.29, 1.82) is 0 Å². The summed E-state index contributed by atoms with van der Waals surface area (Å²) < 4.78 is 40.2. The Morgan fingerprint density at radius 1 is 0.864 bits per heavy atom. The van der Waals surface area contributed by atoms with Crippen LogP contribution < -0.4 is 0 Å². The molecule has 3 aromatic rings. The highest BCUT2D eigenvalue weighted by Crippen LogP contribution is 2.41. The number of hydrogen-bond acceptors (Lipinski definition) is 2. The van der Waals surface area contributed by atoms with E-state index in [1.54, 1.807) is 60.7 Å². The molecule has 3 rings (SSSR count). The van der Waals surface area contributed by atoms with E-state index in [4.69, 9.17) is 0 Å². The molecule has 0 radical (unpaired) electrons. The normalized spacial score (nSPS) is 11.6. The summed E-state index contributed by atoms with van der Waals surface area (Å²) in [6.45, 7) is 0. The summed E-state index contributed by atoms with van der Waals surface area (Å²) in [4.78, 5) is 0. The van der Waals surface area contributed by atoms with Crippen molar-refractivity contribution in [2.24, 2.45) is 0 Å². The Morgan fingerprint density at radius 2 is 1.41 bits per heavy atom. The van der Waals surface area contributed by atoms with E-state index >= 15 is 0 Å². The molecule has 0 aliphatic heterocycles. The molecule has 1 N–H and O–H groups in total. The number of halogens is 3. The second-order valence-electron chi connectivity index (χ2n) is 4.66. The third kappa shape index (κ3) is 2.43. The van der Waals surface area contributed by atoms with E-state index in [0.29, 0.717) is 11.3 Å². The van der Waals surface area contributed by atoms with Crippen molar-refractivity contribution in [3.63, 3.8) is 0 Å². The third-order valence-corrected chi connectivity index (χ3v) is 3.18. The molecule has 0 fully saturated rings. The molecule has 22 heavy (non-hydrogen) atoms. The van der Waals surface area contributed by atoms with E-state index in [0.717, 1.165) is 4.68 Å². The molecule has 0 spiro atoms. The molecule has 3 nitrogen and oxygen atoms in total. The zero-order valence-electron chi connectivity index (χ0n) is 11.2. The molecule has 0 saturated carbocycles. The van der Waals surface area contributed by atoms with Crippen LogP contribution in [0.5, 0.6) is 5.75 Å². The predicted octanol–water partition coefficient (Wildman–Crippen LogP) is 4.26. The zero-order chi connectivity index (χ0) is 15.7. The number of alkyl halides is 3. The molecule has 1 heterocycles. The first-order valence-electron chi connectivity index (χ1n) is 6.48. The number of hydrogen-bond donors (Lipinski definition) is 1. The van der Waals surface area contributed by atoms with Crippen molar-refractivity contribution in [1.82, 2.24) is 9.78 Å². The molecule has 1 aromatic heterocycles. The fourth-order valence-electron chi connectivity index (χ4n) is 2.21. The van der Waals surface area contributed by atoms with E-state index < -0.39 is 17.6 Å². The highest BCUT2D eigenvalue weighted by Gasteiger charge is 2.40. The predicted molar refractivity (Wildman–Crippen MR) is 75.7 cm³/mol. The maximum atomic E-state index is 13.0. The first kappa shape index (κ1) is 14.2. The summed E-state index contributed by atoms with van der Waals surface area (Å²) in [6, 6.07) is 16.7. The number of para-hydroxylation sites is 1. The van der Waals surface area contributed by atoms with Gasteiger partial charge in [-0.1, -0.05) is 48.5 Å². The lowest BCUT2D eigenvalue weighted by atomic mass is 10.1. The minimum atomic E-state index is -4.73. The molecule has 0 unspecified atom stereocenters. The van der Waals surface area contributed by atoms with Gasteiger partial charge < -0.3 is 5.11 Å². The lowest BCUT2D eigenvalue weighted by molar-refractivity contribution is -0.142. The summed E-state index contributed by atoms with van der Waals surface area (Å²) >= 11 is 0. The van der Waals surface area contributed by atoms with E-state index in [-0.39, 0.29) is 5.69 Å². The van der Waals surface area contributed by atoms with Gasteiger partial charge in [0.05, 0.1) is 5.69 Å². The van der Waals surface area contributed by atoms with Gasteiger partial charge in [-0.15, -0.1) is 0 Å².